The van der Waals surface area contributed by atoms with Crippen LogP contribution in [0.5, 0.6) is 5.75 Å². The maximum absolute atomic E-state index is 14.1. The molecule has 0 saturated carbocycles. The highest BCUT2D eigenvalue weighted by Crippen LogP contribution is 2.25. The van der Waals surface area contributed by atoms with Gasteiger partial charge in [-0.15, -0.1) is 0 Å². The van der Waals surface area contributed by atoms with Gasteiger partial charge in [-0.25, -0.2) is 17.1 Å². The van der Waals surface area contributed by atoms with Crippen LogP contribution < -0.4 is 10.1 Å². The highest BCUT2D eigenvalue weighted by Gasteiger charge is 2.21. The third-order valence-electron chi connectivity index (χ3n) is 3.70. The third-order valence-corrected chi connectivity index (χ3v) is 5.84. The van der Waals surface area contributed by atoms with Crippen molar-refractivity contribution in [3.05, 3.63) is 52.8 Å². The highest BCUT2D eigenvalue weighted by atomic mass is 35.5. The number of hydrogen-bond acceptors (Lipinski definition) is 5. The van der Waals surface area contributed by atoms with E-state index in [2.05, 4.69) is 5.32 Å². The van der Waals surface area contributed by atoms with Gasteiger partial charge < -0.3 is 14.8 Å². The van der Waals surface area contributed by atoms with Crippen LogP contribution in [0.1, 0.15) is 10.4 Å². The molecule has 0 spiro atoms. The fourth-order valence-electron chi connectivity index (χ4n) is 2.18. The quantitative estimate of drug-likeness (QED) is 0.651. The molecule has 7 nitrogen and oxygen atoms in total. The first kappa shape index (κ1) is 22.1. The van der Waals surface area contributed by atoms with Crippen molar-refractivity contribution < 1.29 is 27.1 Å². The van der Waals surface area contributed by atoms with Gasteiger partial charge in [-0.1, -0.05) is 11.6 Å². The molecule has 2 aromatic rings. The molecule has 0 radical (unpaired) electrons. The summed E-state index contributed by atoms with van der Waals surface area (Å²) in [6.07, 6.45) is 0. The maximum Gasteiger partial charge on any atom is 0.257 e. The summed E-state index contributed by atoms with van der Waals surface area (Å²) in [5.74, 6) is -1.32. The summed E-state index contributed by atoms with van der Waals surface area (Å²) in [5, 5.41) is 2.56. The standard InChI is InChI=1S/C18H20ClFN2O5S/c1-22(2)28(24,25)13-5-6-15(19)14(11-13)18(23)21-12-4-7-17(16(20)10-12)27-9-8-26-3/h4-7,10-11H,8-9H2,1-3H3,(H,21,23). The number of methoxy groups -OCH3 is 1. The minimum absolute atomic E-state index is 0.0205. The number of benzene rings is 2. The topological polar surface area (TPSA) is 84.9 Å². The van der Waals surface area contributed by atoms with Crippen molar-refractivity contribution in [2.75, 3.05) is 39.7 Å². The van der Waals surface area contributed by atoms with Crippen molar-refractivity contribution in [3.8, 4) is 5.75 Å². The number of nitrogens with one attached hydrogen (secondary N) is 1. The predicted octanol–water partition coefficient (Wildman–Crippen LogP) is 3.01. The van der Waals surface area contributed by atoms with Crippen LogP contribution in [0.3, 0.4) is 0 Å². The van der Waals surface area contributed by atoms with Crippen LogP contribution in [0, 0.1) is 5.82 Å². The molecule has 0 aromatic heterocycles. The molecule has 0 heterocycles. The van der Waals surface area contributed by atoms with Crippen LogP contribution in [-0.4, -0.2) is 53.0 Å². The highest BCUT2D eigenvalue weighted by molar-refractivity contribution is 7.89. The molecule has 0 atom stereocenters. The number of carbonyl (C=O) groups is 1. The van der Waals surface area contributed by atoms with Crippen LogP contribution >= 0.6 is 11.6 Å². The lowest BCUT2D eigenvalue weighted by Crippen LogP contribution is -2.23. The molecule has 0 bridgehead atoms. The first-order chi connectivity index (χ1) is 13.2. The Labute approximate surface area is 168 Å². The number of carbonyl (C=O) groups excluding carboxylic acids is 1. The monoisotopic (exact) mass is 430 g/mol. The lowest BCUT2D eigenvalue weighted by atomic mass is 10.2. The summed E-state index contributed by atoms with van der Waals surface area (Å²) in [7, 11) is 0.520. The average molecular weight is 431 g/mol. The predicted molar refractivity (Wildman–Crippen MR) is 104 cm³/mol. The molecule has 2 aromatic carbocycles. The zero-order valence-corrected chi connectivity index (χ0v) is 17.1. The van der Waals surface area contributed by atoms with Gasteiger partial charge in [0.05, 0.1) is 22.1 Å². The summed E-state index contributed by atoms with van der Waals surface area (Å²) in [6, 6.07) is 7.72. The van der Waals surface area contributed by atoms with Crippen molar-refractivity contribution in [1.29, 1.82) is 0 Å². The van der Waals surface area contributed by atoms with E-state index in [1.807, 2.05) is 0 Å². The van der Waals surface area contributed by atoms with Gasteiger partial charge in [0, 0.05) is 33.0 Å². The maximum atomic E-state index is 14.1. The van der Waals surface area contributed by atoms with Gasteiger partial charge in [0.15, 0.2) is 11.6 Å². The Morgan fingerprint density at radius 1 is 1.18 bits per heavy atom. The van der Waals surface area contributed by atoms with E-state index in [9.17, 15) is 17.6 Å². The van der Waals surface area contributed by atoms with Gasteiger partial charge in [0.2, 0.25) is 10.0 Å². The largest absolute Gasteiger partial charge is 0.488 e. The molecular weight excluding hydrogens is 411 g/mol. The Morgan fingerprint density at radius 2 is 1.89 bits per heavy atom. The summed E-state index contributed by atoms with van der Waals surface area (Å²) in [4.78, 5) is 12.4. The van der Waals surface area contributed by atoms with Crippen molar-refractivity contribution in [2.24, 2.45) is 0 Å². The smallest absolute Gasteiger partial charge is 0.257 e. The number of hydrogen-bond donors (Lipinski definition) is 1. The number of ether oxygens (including phenoxy) is 2. The van der Waals surface area contributed by atoms with Crippen LogP contribution in [0.4, 0.5) is 10.1 Å². The number of nitrogens with zero attached hydrogens (tertiary/aromatic N) is 1. The van der Waals surface area contributed by atoms with Crippen LogP contribution in [-0.2, 0) is 14.8 Å². The first-order valence-electron chi connectivity index (χ1n) is 8.11. The summed E-state index contributed by atoms with van der Waals surface area (Å²) in [6.45, 7) is 0.491. The van der Waals surface area contributed by atoms with Crippen molar-refractivity contribution >= 4 is 33.2 Å². The van der Waals surface area contributed by atoms with E-state index >= 15 is 0 Å². The van der Waals surface area contributed by atoms with Gasteiger partial charge in [0.1, 0.15) is 6.61 Å². The zero-order valence-electron chi connectivity index (χ0n) is 15.5. The second kappa shape index (κ2) is 9.33. The van der Waals surface area contributed by atoms with E-state index in [1.165, 1.54) is 51.5 Å². The van der Waals surface area contributed by atoms with E-state index in [1.54, 1.807) is 0 Å². The van der Waals surface area contributed by atoms with Gasteiger partial charge in [-0.05, 0) is 30.3 Å². The van der Waals surface area contributed by atoms with E-state index in [0.717, 1.165) is 10.4 Å². The second-order valence-corrected chi connectivity index (χ2v) is 8.43. The first-order valence-corrected chi connectivity index (χ1v) is 9.93. The molecule has 0 unspecified atom stereocenters. The number of halogens is 2. The lowest BCUT2D eigenvalue weighted by molar-refractivity contribution is 0.102. The van der Waals surface area contributed by atoms with E-state index < -0.39 is 21.7 Å². The molecule has 10 heteroatoms. The Kier molecular flexibility index (Phi) is 7.36. The van der Waals surface area contributed by atoms with Crippen LogP contribution in [0.2, 0.25) is 5.02 Å². The summed E-state index contributed by atoms with van der Waals surface area (Å²) >= 11 is 6.04. The number of anilines is 1. The van der Waals surface area contributed by atoms with E-state index in [-0.39, 0.29) is 33.5 Å². The zero-order chi connectivity index (χ0) is 20.9. The molecular formula is C18H20ClFN2O5S. The molecule has 1 amide bonds. The van der Waals surface area contributed by atoms with Gasteiger partial charge in [0.25, 0.3) is 5.91 Å². The SMILES string of the molecule is COCCOc1ccc(NC(=O)c2cc(S(=O)(=O)N(C)C)ccc2Cl)cc1F. The number of amides is 1. The van der Waals surface area contributed by atoms with E-state index in [4.69, 9.17) is 21.1 Å². The Bertz CT molecular complexity index is 966. The number of sulfonamides is 1. The fraction of sp³-hybridized carbons (Fsp3) is 0.278. The lowest BCUT2D eigenvalue weighted by Gasteiger charge is -2.13. The van der Waals surface area contributed by atoms with Gasteiger partial charge in [-0.2, -0.15) is 0 Å². The average Bonchev–Trinajstić information content (AvgIpc) is 2.63. The van der Waals surface area contributed by atoms with Crippen molar-refractivity contribution in [3.63, 3.8) is 0 Å². The molecule has 0 aliphatic carbocycles. The summed E-state index contributed by atoms with van der Waals surface area (Å²) < 4.78 is 49.6. The normalized spacial score (nSPS) is 11.5. The Hall–Kier alpha value is -2.20. The molecule has 0 saturated heterocycles. The van der Waals surface area contributed by atoms with Gasteiger partial charge >= 0.3 is 0 Å². The minimum atomic E-state index is -3.74. The minimum Gasteiger partial charge on any atom is -0.488 e. The van der Waals surface area contributed by atoms with Crippen molar-refractivity contribution in [2.45, 2.75) is 4.90 Å². The summed E-state index contributed by atoms with van der Waals surface area (Å²) in [5.41, 5.74) is 0.115. The molecule has 152 valence electrons. The molecule has 1 N–H and O–H groups in total. The Balaban J connectivity index is 2.22. The number of rotatable bonds is 8. The Morgan fingerprint density at radius 3 is 2.50 bits per heavy atom. The third kappa shape index (κ3) is 5.20. The fourth-order valence-corrected chi connectivity index (χ4v) is 3.31. The van der Waals surface area contributed by atoms with Crippen LogP contribution in [0.25, 0.3) is 0 Å². The molecule has 0 fully saturated rings. The second-order valence-electron chi connectivity index (χ2n) is 5.87. The van der Waals surface area contributed by atoms with Gasteiger partial charge in [-0.3, -0.25) is 4.79 Å². The molecule has 28 heavy (non-hydrogen) atoms. The van der Waals surface area contributed by atoms with E-state index in [0.29, 0.717) is 6.61 Å². The van der Waals surface area contributed by atoms with Crippen molar-refractivity contribution in [1.82, 2.24) is 4.31 Å². The molecule has 2 rings (SSSR count). The molecule has 0 aliphatic rings. The van der Waals surface area contributed by atoms with Crippen LogP contribution in [0.15, 0.2) is 41.3 Å². The molecule has 0 aliphatic heterocycles.